The molecule has 0 radical (unpaired) electrons. The lowest BCUT2D eigenvalue weighted by Crippen LogP contribution is -2.12. The van der Waals surface area contributed by atoms with Gasteiger partial charge in [-0.3, -0.25) is 4.98 Å². The van der Waals surface area contributed by atoms with Crippen LogP contribution in [0.15, 0.2) is 45.6 Å². The minimum absolute atomic E-state index is 0.235. The Balaban J connectivity index is 2.37. The Kier molecular flexibility index (Phi) is 4.37. The van der Waals surface area contributed by atoms with E-state index in [2.05, 4.69) is 36.8 Å². The molecule has 0 aliphatic heterocycles. The monoisotopic (exact) mass is 370 g/mol. The average molecular weight is 372 g/mol. The maximum absolute atomic E-state index is 6.24. The molecule has 1 aromatic carbocycles. The summed E-state index contributed by atoms with van der Waals surface area (Å²) in [5.74, 6) is 0.706. The molecule has 1 atom stereocenters. The average Bonchev–Trinajstić information content (AvgIpc) is 2.37. The summed E-state index contributed by atoms with van der Waals surface area (Å²) < 4.78 is 7.12. The molecule has 1 heterocycles. The molecule has 0 aliphatic rings. The number of halogens is 2. The summed E-state index contributed by atoms with van der Waals surface area (Å²) in [6, 6.07) is 7.62. The molecule has 0 saturated heterocycles. The molecule has 0 amide bonds. The maximum Gasteiger partial charge on any atom is 0.137 e. The van der Waals surface area contributed by atoms with E-state index in [4.69, 9.17) is 10.5 Å². The van der Waals surface area contributed by atoms with E-state index in [-0.39, 0.29) is 6.04 Å². The predicted octanol–water partition coefficient (Wildman–Crippen LogP) is 3.66. The molecule has 1 unspecified atom stereocenters. The van der Waals surface area contributed by atoms with Gasteiger partial charge in [-0.15, -0.1) is 0 Å². The van der Waals surface area contributed by atoms with Crippen molar-refractivity contribution in [2.24, 2.45) is 5.73 Å². The lowest BCUT2D eigenvalue weighted by molar-refractivity contribution is 0.412. The van der Waals surface area contributed by atoms with Crippen molar-refractivity contribution in [3.63, 3.8) is 0 Å². The molecule has 94 valence electrons. The van der Waals surface area contributed by atoms with Crippen LogP contribution in [0, 0.1) is 0 Å². The Bertz CT molecular complexity index is 540. The number of methoxy groups -OCH3 is 1. The van der Waals surface area contributed by atoms with Crippen LogP contribution < -0.4 is 10.5 Å². The number of hydrogen-bond acceptors (Lipinski definition) is 3. The number of pyridine rings is 1. The summed E-state index contributed by atoms with van der Waals surface area (Å²) in [6.07, 6.45) is 3.41. The van der Waals surface area contributed by atoms with E-state index < -0.39 is 0 Å². The normalized spacial score (nSPS) is 12.2. The molecule has 2 rings (SSSR count). The van der Waals surface area contributed by atoms with Gasteiger partial charge in [-0.25, -0.2) is 0 Å². The van der Waals surface area contributed by atoms with Crippen LogP contribution in [-0.4, -0.2) is 12.1 Å². The fourth-order valence-corrected chi connectivity index (χ4v) is 2.99. The first-order chi connectivity index (χ1) is 8.60. The van der Waals surface area contributed by atoms with Crippen molar-refractivity contribution in [2.75, 3.05) is 7.11 Å². The molecule has 18 heavy (non-hydrogen) atoms. The molecule has 0 aliphatic carbocycles. The van der Waals surface area contributed by atoms with Crippen LogP contribution >= 0.6 is 31.9 Å². The highest BCUT2D eigenvalue weighted by Gasteiger charge is 2.11. The van der Waals surface area contributed by atoms with Gasteiger partial charge in [0, 0.05) is 15.1 Å². The Hall–Kier alpha value is -0.910. The Morgan fingerprint density at radius 3 is 2.33 bits per heavy atom. The van der Waals surface area contributed by atoms with Gasteiger partial charge < -0.3 is 10.5 Å². The highest BCUT2D eigenvalue weighted by Crippen LogP contribution is 2.27. The lowest BCUT2D eigenvalue weighted by atomic mass is 10.0. The second kappa shape index (κ2) is 5.82. The van der Waals surface area contributed by atoms with Crippen LogP contribution in [0.5, 0.6) is 5.75 Å². The molecule has 1 aromatic heterocycles. The van der Waals surface area contributed by atoms with E-state index in [1.807, 2.05) is 24.3 Å². The molecular formula is C13H12Br2N2O. The summed E-state index contributed by atoms with van der Waals surface area (Å²) in [4.78, 5) is 4.12. The first-order valence-electron chi connectivity index (χ1n) is 5.30. The molecule has 2 N–H and O–H groups in total. The van der Waals surface area contributed by atoms with E-state index in [0.717, 1.165) is 20.1 Å². The zero-order chi connectivity index (χ0) is 13.1. The largest absolute Gasteiger partial charge is 0.495 e. The van der Waals surface area contributed by atoms with Crippen molar-refractivity contribution >= 4 is 31.9 Å². The van der Waals surface area contributed by atoms with Crippen LogP contribution in [0.25, 0.3) is 0 Å². The number of nitrogens with zero attached hydrogens (tertiary/aromatic N) is 1. The molecule has 0 fully saturated rings. The van der Waals surface area contributed by atoms with Crippen LogP contribution in [0.4, 0.5) is 0 Å². The van der Waals surface area contributed by atoms with E-state index in [9.17, 15) is 0 Å². The van der Waals surface area contributed by atoms with E-state index in [1.54, 1.807) is 19.5 Å². The van der Waals surface area contributed by atoms with Gasteiger partial charge >= 0.3 is 0 Å². The topological polar surface area (TPSA) is 48.1 Å². The molecular weight excluding hydrogens is 360 g/mol. The Morgan fingerprint density at radius 1 is 1.06 bits per heavy atom. The van der Waals surface area contributed by atoms with Crippen LogP contribution in [0.1, 0.15) is 17.2 Å². The van der Waals surface area contributed by atoms with Crippen molar-refractivity contribution in [2.45, 2.75) is 6.04 Å². The lowest BCUT2D eigenvalue weighted by Gasteiger charge is -2.14. The third-order valence-electron chi connectivity index (χ3n) is 2.57. The highest BCUT2D eigenvalue weighted by atomic mass is 79.9. The van der Waals surface area contributed by atoms with Crippen molar-refractivity contribution < 1.29 is 4.74 Å². The van der Waals surface area contributed by atoms with Gasteiger partial charge in [-0.05, 0) is 35.4 Å². The van der Waals surface area contributed by atoms with Crippen LogP contribution in [0.2, 0.25) is 0 Å². The van der Waals surface area contributed by atoms with Crippen molar-refractivity contribution in [3.8, 4) is 5.75 Å². The summed E-state index contributed by atoms with van der Waals surface area (Å²) in [6.45, 7) is 0. The summed E-state index contributed by atoms with van der Waals surface area (Å²) in [5.41, 5.74) is 8.16. The molecule has 2 aromatic rings. The Labute approximate surface area is 123 Å². The molecule has 5 heteroatoms. The highest BCUT2D eigenvalue weighted by molar-refractivity contribution is 9.11. The van der Waals surface area contributed by atoms with Gasteiger partial charge in [0.2, 0.25) is 0 Å². The van der Waals surface area contributed by atoms with Crippen LogP contribution in [0.3, 0.4) is 0 Å². The second-order valence-corrected chi connectivity index (χ2v) is 5.67. The van der Waals surface area contributed by atoms with Gasteiger partial charge in [-0.2, -0.15) is 0 Å². The third-order valence-corrected chi connectivity index (χ3v) is 3.49. The van der Waals surface area contributed by atoms with E-state index >= 15 is 0 Å². The molecule has 0 bridgehead atoms. The molecule has 3 nitrogen and oxygen atoms in total. The number of hydrogen-bond donors (Lipinski definition) is 1. The number of aromatic nitrogens is 1. The van der Waals surface area contributed by atoms with Crippen molar-refractivity contribution in [3.05, 3.63) is 56.7 Å². The van der Waals surface area contributed by atoms with Gasteiger partial charge in [0.15, 0.2) is 0 Å². The SMILES string of the molecule is COc1cncc(C(N)c2cc(Br)cc(Br)c2)c1. The standard InChI is InChI=1S/C13H12Br2N2O/c1-18-12-4-9(6-17-7-12)13(16)8-2-10(14)5-11(15)3-8/h2-7,13H,16H2,1H3. The minimum atomic E-state index is -0.235. The van der Waals surface area contributed by atoms with Gasteiger partial charge in [0.1, 0.15) is 5.75 Å². The Morgan fingerprint density at radius 2 is 1.72 bits per heavy atom. The van der Waals surface area contributed by atoms with Gasteiger partial charge in [0.25, 0.3) is 0 Å². The number of benzene rings is 1. The molecule has 0 spiro atoms. The minimum Gasteiger partial charge on any atom is -0.495 e. The fourth-order valence-electron chi connectivity index (χ4n) is 1.66. The van der Waals surface area contributed by atoms with Crippen molar-refractivity contribution in [1.82, 2.24) is 4.98 Å². The smallest absolute Gasteiger partial charge is 0.137 e. The summed E-state index contributed by atoms with van der Waals surface area (Å²) >= 11 is 6.91. The fraction of sp³-hybridized carbons (Fsp3) is 0.154. The summed E-state index contributed by atoms with van der Waals surface area (Å²) in [7, 11) is 1.61. The zero-order valence-electron chi connectivity index (χ0n) is 9.73. The van der Waals surface area contributed by atoms with Crippen LogP contribution in [-0.2, 0) is 0 Å². The van der Waals surface area contributed by atoms with E-state index in [1.165, 1.54) is 0 Å². The van der Waals surface area contributed by atoms with E-state index in [0.29, 0.717) is 5.75 Å². The maximum atomic E-state index is 6.24. The first-order valence-corrected chi connectivity index (χ1v) is 6.89. The summed E-state index contributed by atoms with van der Waals surface area (Å²) in [5, 5.41) is 0. The molecule has 0 saturated carbocycles. The number of ether oxygens (including phenoxy) is 1. The van der Waals surface area contributed by atoms with Gasteiger partial charge in [0.05, 0.1) is 19.3 Å². The number of nitrogens with two attached hydrogens (primary N) is 1. The van der Waals surface area contributed by atoms with Crippen molar-refractivity contribution in [1.29, 1.82) is 0 Å². The first kappa shape index (κ1) is 13.5. The quantitative estimate of drug-likeness (QED) is 0.895. The zero-order valence-corrected chi connectivity index (χ0v) is 12.9. The van der Waals surface area contributed by atoms with Gasteiger partial charge in [-0.1, -0.05) is 31.9 Å². The predicted molar refractivity (Wildman–Crippen MR) is 78.7 cm³/mol. The third kappa shape index (κ3) is 3.10. The second-order valence-electron chi connectivity index (χ2n) is 3.84. The number of rotatable bonds is 3.